The van der Waals surface area contributed by atoms with Crippen LogP contribution in [0.25, 0.3) is 0 Å². The Morgan fingerprint density at radius 3 is 3.10 bits per heavy atom. The fourth-order valence-corrected chi connectivity index (χ4v) is 0.594. The van der Waals surface area contributed by atoms with Gasteiger partial charge in [0.05, 0.1) is 6.33 Å². The van der Waals surface area contributed by atoms with E-state index in [2.05, 4.69) is 9.97 Å². The molecular formula is C8H10N2. The largest absolute Gasteiger partial charge is 0.350 e. The minimum atomic E-state index is 1.09. The summed E-state index contributed by atoms with van der Waals surface area (Å²) in [5.41, 5.74) is 1.09. The molecule has 1 rings (SSSR count). The maximum absolute atomic E-state index is 3.93. The van der Waals surface area contributed by atoms with Gasteiger partial charge in [0.25, 0.3) is 0 Å². The van der Waals surface area contributed by atoms with Crippen LogP contribution in [0.15, 0.2) is 36.8 Å². The number of aromatic amines is 1. The molecule has 52 valence electrons. The van der Waals surface area contributed by atoms with Crippen molar-refractivity contribution in [3.05, 3.63) is 42.5 Å². The summed E-state index contributed by atoms with van der Waals surface area (Å²) in [7, 11) is 0. The zero-order valence-corrected chi connectivity index (χ0v) is 5.91. The summed E-state index contributed by atoms with van der Waals surface area (Å²) in [5, 5.41) is 0. The van der Waals surface area contributed by atoms with Crippen LogP contribution in [0.4, 0.5) is 0 Å². The van der Waals surface area contributed by atoms with Crippen LogP contribution in [-0.4, -0.2) is 9.97 Å². The zero-order valence-electron chi connectivity index (χ0n) is 5.91. The van der Waals surface area contributed by atoms with Crippen molar-refractivity contribution in [2.45, 2.75) is 6.92 Å². The number of rotatable bonds is 0. The van der Waals surface area contributed by atoms with Gasteiger partial charge in [-0.05, 0) is 19.1 Å². The second kappa shape index (κ2) is 3.67. The van der Waals surface area contributed by atoms with Gasteiger partial charge in [0.15, 0.2) is 0 Å². The molecule has 10 heavy (non-hydrogen) atoms. The Labute approximate surface area is 60.3 Å². The van der Waals surface area contributed by atoms with E-state index in [4.69, 9.17) is 0 Å². The highest BCUT2D eigenvalue weighted by atomic mass is 14.8. The number of H-pyrrole nitrogens is 1. The molecule has 0 saturated heterocycles. The summed E-state index contributed by atoms with van der Waals surface area (Å²) in [4.78, 5) is 6.92. The molecule has 0 atom stereocenters. The van der Waals surface area contributed by atoms with Gasteiger partial charge in [0.1, 0.15) is 0 Å². The van der Waals surface area contributed by atoms with Crippen LogP contribution < -0.4 is 0 Å². The van der Waals surface area contributed by atoms with Crippen LogP contribution in [0, 0.1) is 6.92 Å². The lowest BCUT2D eigenvalue weighted by Crippen LogP contribution is -1.70. The van der Waals surface area contributed by atoms with Gasteiger partial charge in [-0.3, -0.25) is 0 Å². The van der Waals surface area contributed by atoms with Crippen molar-refractivity contribution < 1.29 is 0 Å². The molecule has 1 aromatic rings. The molecule has 2 heteroatoms. The lowest BCUT2D eigenvalue weighted by molar-refractivity contribution is 1.15. The smallest absolute Gasteiger partial charge is 0.0920 e. The number of hydrogen-bond donors (Lipinski definition) is 1. The Hall–Kier alpha value is -1.31. The van der Waals surface area contributed by atoms with Gasteiger partial charge < -0.3 is 4.98 Å². The molecule has 0 bridgehead atoms. The van der Waals surface area contributed by atoms with Crippen LogP contribution in [0.2, 0.25) is 0 Å². The maximum atomic E-state index is 3.93. The molecule has 0 aromatic carbocycles. The first-order chi connectivity index (χ1) is 4.89. The molecular weight excluding hydrogens is 124 g/mol. The highest BCUT2D eigenvalue weighted by molar-refractivity contribution is 4.97. The third-order valence-electron chi connectivity index (χ3n) is 1.11. The molecule has 0 aliphatic heterocycles. The van der Waals surface area contributed by atoms with Crippen LogP contribution in [0.5, 0.6) is 0 Å². The maximum Gasteiger partial charge on any atom is 0.0920 e. The van der Waals surface area contributed by atoms with E-state index in [1.807, 2.05) is 31.2 Å². The lowest BCUT2D eigenvalue weighted by atomic mass is 10.4. The molecule has 0 fully saturated rings. The second-order valence-electron chi connectivity index (χ2n) is 2.00. The van der Waals surface area contributed by atoms with Gasteiger partial charge in [-0.25, -0.2) is 4.98 Å². The highest BCUT2D eigenvalue weighted by Gasteiger charge is 1.69. The summed E-state index contributed by atoms with van der Waals surface area (Å²) in [5.74, 6) is 0. The third kappa shape index (κ3) is 2.31. The molecule has 0 radical (unpaired) electrons. The Morgan fingerprint density at radius 2 is 2.20 bits per heavy atom. The molecule has 0 amide bonds. The second-order valence-corrected chi connectivity index (χ2v) is 2.00. The molecule has 0 unspecified atom stereocenters. The van der Waals surface area contributed by atoms with E-state index in [1.54, 1.807) is 12.5 Å². The molecule has 0 spiro atoms. The van der Waals surface area contributed by atoms with Crippen molar-refractivity contribution in [3.8, 4) is 0 Å². The van der Waals surface area contributed by atoms with E-state index in [1.165, 1.54) is 0 Å². The number of aryl methyl sites for hydroxylation is 1. The van der Waals surface area contributed by atoms with Gasteiger partial charge in [0, 0.05) is 11.9 Å². The van der Waals surface area contributed by atoms with Crippen LogP contribution in [-0.2, 0) is 0 Å². The first kappa shape index (κ1) is 6.81. The Morgan fingerprint density at radius 1 is 1.30 bits per heavy atom. The normalized spacial score (nSPS) is 8.50. The average Bonchev–Trinajstić information content (AvgIpc) is 2.02. The molecule has 0 aliphatic carbocycles. The van der Waals surface area contributed by atoms with Crippen LogP contribution >= 0.6 is 0 Å². The van der Waals surface area contributed by atoms with Crippen molar-refractivity contribution in [1.82, 2.24) is 9.97 Å². The van der Waals surface area contributed by atoms with Gasteiger partial charge >= 0.3 is 0 Å². The quantitative estimate of drug-likeness (QED) is 0.576. The summed E-state index contributed by atoms with van der Waals surface area (Å²) < 4.78 is 0. The fourth-order valence-electron chi connectivity index (χ4n) is 0.594. The Bertz CT molecular complexity index is 215. The van der Waals surface area contributed by atoms with Crippen molar-refractivity contribution in [2.24, 2.45) is 0 Å². The van der Waals surface area contributed by atoms with Crippen LogP contribution in [0.1, 0.15) is 5.69 Å². The molecule has 0 saturated carbocycles. The SMILES string of the molecule is Cc1cccccnc[nH]1. The number of aromatic nitrogens is 2. The van der Waals surface area contributed by atoms with E-state index in [0.717, 1.165) is 5.69 Å². The van der Waals surface area contributed by atoms with Crippen molar-refractivity contribution >= 4 is 0 Å². The molecule has 1 heterocycles. The number of hydrogen-bond acceptors (Lipinski definition) is 1. The fraction of sp³-hybridized carbons (Fsp3) is 0.125. The molecule has 2 nitrogen and oxygen atoms in total. The van der Waals surface area contributed by atoms with Crippen molar-refractivity contribution in [3.63, 3.8) is 0 Å². The first-order valence-corrected chi connectivity index (χ1v) is 3.18. The number of nitrogens with one attached hydrogen (secondary N) is 1. The van der Waals surface area contributed by atoms with Gasteiger partial charge in [-0.1, -0.05) is 12.1 Å². The summed E-state index contributed by atoms with van der Waals surface area (Å²) in [6, 6.07) is 7.77. The molecule has 1 N–H and O–H groups in total. The van der Waals surface area contributed by atoms with Gasteiger partial charge in [-0.2, -0.15) is 0 Å². The summed E-state index contributed by atoms with van der Waals surface area (Å²) in [6.07, 6.45) is 3.39. The predicted molar refractivity (Wildman–Crippen MR) is 41.0 cm³/mol. The average molecular weight is 134 g/mol. The van der Waals surface area contributed by atoms with Gasteiger partial charge in [-0.15, -0.1) is 0 Å². The Kier molecular flexibility index (Phi) is 2.49. The Balaban J connectivity index is 3.13. The zero-order chi connectivity index (χ0) is 7.23. The highest BCUT2D eigenvalue weighted by Crippen LogP contribution is 1.83. The summed E-state index contributed by atoms with van der Waals surface area (Å²) >= 11 is 0. The third-order valence-corrected chi connectivity index (χ3v) is 1.11. The molecule has 0 aliphatic rings. The van der Waals surface area contributed by atoms with E-state index < -0.39 is 0 Å². The van der Waals surface area contributed by atoms with Crippen molar-refractivity contribution in [1.29, 1.82) is 0 Å². The number of nitrogens with zero attached hydrogens (tertiary/aromatic N) is 1. The van der Waals surface area contributed by atoms with E-state index in [0.29, 0.717) is 0 Å². The van der Waals surface area contributed by atoms with E-state index >= 15 is 0 Å². The van der Waals surface area contributed by atoms with Crippen LogP contribution in [0.3, 0.4) is 0 Å². The first-order valence-electron chi connectivity index (χ1n) is 3.18. The monoisotopic (exact) mass is 134 g/mol. The standard InChI is InChI=1S/C8H10N2/c1-8-5-3-2-4-6-9-7-10-8/h2-7H,1H3,(H,9,10). The lowest BCUT2D eigenvalue weighted by Gasteiger charge is -1.79. The van der Waals surface area contributed by atoms with Gasteiger partial charge in [0.2, 0.25) is 0 Å². The minimum Gasteiger partial charge on any atom is -0.350 e. The minimum absolute atomic E-state index is 1.09. The van der Waals surface area contributed by atoms with E-state index in [9.17, 15) is 0 Å². The van der Waals surface area contributed by atoms with Crippen molar-refractivity contribution in [2.75, 3.05) is 0 Å². The van der Waals surface area contributed by atoms with E-state index in [-0.39, 0.29) is 0 Å². The summed E-state index contributed by atoms with van der Waals surface area (Å²) in [6.45, 7) is 1.99. The topological polar surface area (TPSA) is 28.7 Å². The molecule has 1 aromatic heterocycles. The predicted octanol–water partition coefficient (Wildman–Crippen LogP) is 1.84.